The van der Waals surface area contributed by atoms with E-state index < -0.39 is 0 Å². The lowest BCUT2D eigenvalue weighted by atomic mass is 10.0. The van der Waals surface area contributed by atoms with Crippen molar-refractivity contribution in [3.05, 3.63) is 59.7 Å². The van der Waals surface area contributed by atoms with Gasteiger partial charge in [0, 0.05) is 18.4 Å². The average molecular weight is 212 g/mol. The van der Waals surface area contributed by atoms with Crippen LogP contribution in [0.2, 0.25) is 0 Å². The predicted octanol–water partition coefficient (Wildman–Crippen LogP) is 2.90. The maximum absolute atomic E-state index is 5.66. The molecule has 0 amide bonds. The number of anilines is 2. The maximum Gasteiger partial charge on any atom is 0.0340 e. The molecule has 0 aromatic heterocycles. The van der Waals surface area contributed by atoms with Crippen LogP contribution in [-0.2, 0) is 6.42 Å². The smallest absolute Gasteiger partial charge is 0.0340 e. The molecule has 2 nitrogen and oxygen atoms in total. The molecule has 0 saturated carbocycles. The van der Waals surface area contributed by atoms with E-state index in [0.717, 1.165) is 17.8 Å². The van der Waals surface area contributed by atoms with E-state index in [-0.39, 0.29) is 0 Å². The van der Waals surface area contributed by atoms with E-state index in [4.69, 9.17) is 5.73 Å². The highest BCUT2D eigenvalue weighted by Crippen LogP contribution is 2.15. The summed E-state index contributed by atoms with van der Waals surface area (Å²) >= 11 is 0. The monoisotopic (exact) mass is 212 g/mol. The molecule has 2 rings (SSSR count). The second-order valence-corrected chi connectivity index (χ2v) is 3.87. The van der Waals surface area contributed by atoms with Crippen LogP contribution in [0.1, 0.15) is 11.1 Å². The summed E-state index contributed by atoms with van der Waals surface area (Å²) in [6, 6.07) is 16.5. The van der Waals surface area contributed by atoms with Gasteiger partial charge in [-0.05, 0) is 41.8 Å². The summed E-state index contributed by atoms with van der Waals surface area (Å²) < 4.78 is 0. The lowest BCUT2D eigenvalue weighted by Gasteiger charge is -2.05. The molecule has 0 aliphatic heterocycles. The zero-order valence-corrected chi connectivity index (χ0v) is 9.40. The number of hydrogen-bond acceptors (Lipinski definition) is 2. The van der Waals surface area contributed by atoms with Gasteiger partial charge in [-0.25, -0.2) is 0 Å². The molecule has 0 aliphatic carbocycles. The van der Waals surface area contributed by atoms with Crippen molar-refractivity contribution in [2.24, 2.45) is 0 Å². The lowest BCUT2D eigenvalue weighted by Crippen LogP contribution is -1.92. The number of nitrogens with two attached hydrogens (primary N) is 1. The Bertz CT molecular complexity index is 460. The molecule has 0 fully saturated rings. The van der Waals surface area contributed by atoms with Crippen molar-refractivity contribution in [2.75, 3.05) is 18.1 Å². The average Bonchev–Trinajstić information content (AvgIpc) is 2.32. The molecule has 3 N–H and O–H groups in total. The molecular formula is C14H16N2. The minimum absolute atomic E-state index is 0.813. The minimum atomic E-state index is 0.813. The van der Waals surface area contributed by atoms with E-state index in [0.29, 0.717) is 0 Å². The number of benzene rings is 2. The molecule has 0 saturated heterocycles. The highest BCUT2D eigenvalue weighted by Gasteiger charge is 1.97. The third kappa shape index (κ3) is 2.54. The molecule has 82 valence electrons. The first-order valence-corrected chi connectivity index (χ1v) is 5.39. The van der Waals surface area contributed by atoms with Crippen LogP contribution in [0.15, 0.2) is 48.5 Å². The van der Waals surface area contributed by atoms with Crippen LogP contribution in [0.4, 0.5) is 11.4 Å². The fraction of sp³-hybridized carbons (Fsp3) is 0.143. The van der Waals surface area contributed by atoms with Crippen LogP contribution < -0.4 is 11.1 Å². The molecule has 2 aromatic rings. The third-order valence-electron chi connectivity index (χ3n) is 2.60. The molecule has 0 spiro atoms. The van der Waals surface area contributed by atoms with Crippen molar-refractivity contribution in [3.63, 3.8) is 0 Å². The second-order valence-electron chi connectivity index (χ2n) is 3.87. The van der Waals surface area contributed by atoms with Crippen molar-refractivity contribution in [2.45, 2.75) is 6.42 Å². The van der Waals surface area contributed by atoms with Gasteiger partial charge in [0.15, 0.2) is 0 Å². The summed E-state index contributed by atoms with van der Waals surface area (Å²) in [6.07, 6.45) is 0.940. The van der Waals surface area contributed by atoms with Crippen molar-refractivity contribution in [1.82, 2.24) is 0 Å². The maximum atomic E-state index is 5.66. The van der Waals surface area contributed by atoms with Gasteiger partial charge in [0.05, 0.1) is 0 Å². The Morgan fingerprint density at radius 2 is 1.75 bits per heavy atom. The molecule has 0 unspecified atom stereocenters. The minimum Gasteiger partial charge on any atom is -0.399 e. The van der Waals surface area contributed by atoms with Crippen LogP contribution in [0.25, 0.3) is 0 Å². The SMILES string of the molecule is CNc1cccc(Cc2ccc(N)cc2)c1. The summed E-state index contributed by atoms with van der Waals surface area (Å²) in [4.78, 5) is 0. The highest BCUT2D eigenvalue weighted by molar-refractivity contribution is 5.47. The highest BCUT2D eigenvalue weighted by atomic mass is 14.8. The van der Waals surface area contributed by atoms with Crippen LogP contribution in [0, 0.1) is 0 Å². The van der Waals surface area contributed by atoms with Gasteiger partial charge in [-0.2, -0.15) is 0 Å². The van der Waals surface area contributed by atoms with Gasteiger partial charge in [0.1, 0.15) is 0 Å². The Morgan fingerprint density at radius 3 is 2.44 bits per heavy atom. The fourth-order valence-corrected chi connectivity index (χ4v) is 1.71. The quantitative estimate of drug-likeness (QED) is 0.768. The Kier molecular flexibility index (Phi) is 3.10. The van der Waals surface area contributed by atoms with Gasteiger partial charge in [-0.3, -0.25) is 0 Å². The molecule has 0 heterocycles. The van der Waals surface area contributed by atoms with E-state index in [1.165, 1.54) is 11.1 Å². The van der Waals surface area contributed by atoms with Crippen molar-refractivity contribution >= 4 is 11.4 Å². The van der Waals surface area contributed by atoms with E-state index in [9.17, 15) is 0 Å². The summed E-state index contributed by atoms with van der Waals surface area (Å²) in [7, 11) is 1.93. The number of rotatable bonds is 3. The zero-order valence-electron chi connectivity index (χ0n) is 9.40. The van der Waals surface area contributed by atoms with Gasteiger partial charge < -0.3 is 11.1 Å². The molecular weight excluding hydrogens is 196 g/mol. The Hall–Kier alpha value is -1.96. The standard InChI is InChI=1S/C14H16N2/c1-16-14-4-2-3-12(10-14)9-11-5-7-13(15)8-6-11/h2-8,10,16H,9,15H2,1H3. The lowest BCUT2D eigenvalue weighted by molar-refractivity contribution is 1.19. The zero-order chi connectivity index (χ0) is 11.4. The van der Waals surface area contributed by atoms with E-state index in [1.807, 2.05) is 19.2 Å². The van der Waals surface area contributed by atoms with E-state index in [2.05, 4.69) is 41.7 Å². The van der Waals surface area contributed by atoms with Crippen LogP contribution >= 0.6 is 0 Å². The van der Waals surface area contributed by atoms with Gasteiger partial charge in [0.2, 0.25) is 0 Å². The molecule has 16 heavy (non-hydrogen) atoms. The number of hydrogen-bond donors (Lipinski definition) is 2. The van der Waals surface area contributed by atoms with Gasteiger partial charge in [-0.15, -0.1) is 0 Å². The van der Waals surface area contributed by atoms with Crippen LogP contribution in [0.5, 0.6) is 0 Å². The van der Waals surface area contributed by atoms with Crippen LogP contribution in [-0.4, -0.2) is 7.05 Å². The fourth-order valence-electron chi connectivity index (χ4n) is 1.71. The topological polar surface area (TPSA) is 38.0 Å². The van der Waals surface area contributed by atoms with Gasteiger partial charge in [0.25, 0.3) is 0 Å². The molecule has 0 radical (unpaired) electrons. The van der Waals surface area contributed by atoms with E-state index in [1.54, 1.807) is 0 Å². The third-order valence-corrected chi connectivity index (χ3v) is 2.60. The molecule has 0 aliphatic rings. The summed E-state index contributed by atoms with van der Waals surface area (Å²) in [6.45, 7) is 0. The van der Waals surface area contributed by atoms with Crippen molar-refractivity contribution in [3.8, 4) is 0 Å². The molecule has 2 heteroatoms. The molecule has 0 atom stereocenters. The predicted molar refractivity (Wildman–Crippen MR) is 69.6 cm³/mol. The van der Waals surface area contributed by atoms with Crippen LogP contribution in [0.3, 0.4) is 0 Å². The summed E-state index contributed by atoms with van der Waals surface area (Å²) in [5.74, 6) is 0. The largest absolute Gasteiger partial charge is 0.399 e. The Balaban J connectivity index is 2.16. The first-order valence-electron chi connectivity index (χ1n) is 5.39. The van der Waals surface area contributed by atoms with Gasteiger partial charge >= 0.3 is 0 Å². The summed E-state index contributed by atoms with van der Waals surface area (Å²) in [5.41, 5.74) is 10.2. The molecule has 2 aromatic carbocycles. The Morgan fingerprint density at radius 1 is 1.00 bits per heavy atom. The van der Waals surface area contributed by atoms with Gasteiger partial charge in [-0.1, -0.05) is 24.3 Å². The van der Waals surface area contributed by atoms with Crippen molar-refractivity contribution in [1.29, 1.82) is 0 Å². The first-order chi connectivity index (χ1) is 7.78. The second kappa shape index (κ2) is 4.71. The number of nitrogens with one attached hydrogen (secondary N) is 1. The normalized spacial score (nSPS) is 10.1. The van der Waals surface area contributed by atoms with Crippen molar-refractivity contribution < 1.29 is 0 Å². The first kappa shape index (κ1) is 10.6. The Labute approximate surface area is 96.1 Å². The van der Waals surface area contributed by atoms with E-state index >= 15 is 0 Å². The summed E-state index contributed by atoms with van der Waals surface area (Å²) in [5, 5.41) is 3.14. The molecule has 0 bridgehead atoms. The number of nitrogen functional groups attached to an aromatic ring is 1.